The van der Waals surface area contributed by atoms with Gasteiger partial charge in [-0.05, 0) is 157 Å². The first-order valence-corrected chi connectivity index (χ1v) is 28.7. The van der Waals surface area contributed by atoms with Gasteiger partial charge in [0.05, 0.1) is 36.1 Å². The number of ketones is 2. The van der Waals surface area contributed by atoms with Gasteiger partial charge < -0.3 is 18.9 Å². The highest BCUT2D eigenvalue weighted by molar-refractivity contribution is 7.94. The summed E-state index contributed by atoms with van der Waals surface area (Å²) in [5.74, 6) is 0.167. The molecular formula is C58H48O18S4. The van der Waals surface area contributed by atoms with Crippen LogP contribution >= 0.6 is 24.1 Å². The molecule has 0 unspecified atom stereocenters. The third kappa shape index (κ3) is 13.3. The first-order chi connectivity index (χ1) is 38.5. The predicted molar refractivity (Wildman–Crippen MR) is 294 cm³/mol. The van der Waals surface area contributed by atoms with E-state index < -0.39 is 41.6 Å². The molecule has 412 valence electrons. The number of carbonyl (C=O) groups is 2. The molecule has 4 N–H and O–H groups in total. The molecule has 0 aromatic heterocycles. The van der Waals surface area contributed by atoms with Crippen molar-refractivity contribution in [1.82, 2.24) is 0 Å². The lowest BCUT2D eigenvalue weighted by molar-refractivity contribution is -0.432. The second kappa shape index (κ2) is 24.9. The van der Waals surface area contributed by atoms with Crippen molar-refractivity contribution in [1.29, 1.82) is 0 Å². The number of rotatable bonds is 22. The van der Waals surface area contributed by atoms with Crippen molar-refractivity contribution < 1.29 is 83.7 Å². The Morgan fingerprint density at radius 2 is 0.838 bits per heavy atom. The van der Waals surface area contributed by atoms with Crippen LogP contribution in [0.4, 0.5) is 0 Å². The van der Waals surface area contributed by atoms with Crippen LogP contribution in [-0.4, -0.2) is 55.1 Å². The largest absolute Gasteiger partial charge is 0.497 e. The lowest BCUT2D eigenvalue weighted by Crippen LogP contribution is -2.30. The summed E-state index contributed by atoms with van der Waals surface area (Å²) >= 11 is 1.18. The van der Waals surface area contributed by atoms with E-state index in [0.717, 1.165) is 66.7 Å². The third-order valence-corrected chi connectivity index (χ3v) is 16.5. The Morgan fingerprint density at radius 3 is 1.27 bits per heavy atom. The molecule has 18 nitrogen and oxygen atoms in total. The number of carbonyl (C=O) groups excluding carboxylic acids is 2. The molecule has 0 aliphatic heterocycles. The second-order valence-electron chi connectivity index (χ2n) is 18.3. The Labute approximate surface area is 468 Å². The Kier molecular flexibility index (Phi) is 17.9. The van der Waals surface area contributed by atoms with Crippen LogP contribution in [0.1, 0.15) is 80.6 Å². The van der Waals surface area contributed by atoms with Crippen molar-refractivity contribution in [2.75, 3.05) is 7.11 Å². The summed E-state index contributed by atoms with van der Waals surface area (Å²) in [5, 5.41) is 25.0. The van der Waals surface area contributed by atoms with E-state index in [0.29, 0.717) is 46.0 Å². The smallest absolute Gasteiger partial charge is 0.298 e. The maximum atomic E-state index is 14.0. The molecule has 0 bridgehead atoms. The number of hydrogen-bond acceptors (Lipinski definition) is 18. The van der Waals surface area contributed by atoms with Crippen molar-refractivity contribution in [2.24, 2.45) is 0 Å². The van der Waals surface area contributed by atoms with Crippen molar-refractivity contribution in [3.05, 3.63) is 209 Å². The van der Waals surface area contributed by atoms with Crippen LogP contribution < -0.4 is 18.9 Å². The van der Waals surface area contributed by atoms with Gasteiger partial charge in [-0.1, -0.05) is 90.0 Å². The minimum Gasteiger partial charge on any atom is -0.497 e. The molecule has 0 radical (unpaired) electrons. The number of aryl methyl sites for hydroxylation is 1. The monoisotopic (exact) mass is 1160 g/mol. The molecule has 1 saturated carbocycles. The Balaban J connectivity index is 0.873. The summed E-state index contributed by atoms with van der Waals surface area (Å²) in [5.41, 5.74) is 4.26. The lowest BCUT2D eigenvalue weighted by atomic mass is 9.65. The van der Waals surface area contributed by atoms with Gasteiger partial charge in [0.2, 0.25) is 0 Å². The van der Waals surface area contributed by atoms with Crippen LogP contribution in [0.15, 0.2) is 189 Å². The number of methoxy groups -OCH3 is 1. The first-order valence-electron chi connectivity index (χ1n) is 24.3. The predicted octanol–water partition coefficient (Wildman–Crippen LogP) is 14.1. The van der Waals surface area contributed by atoms with Crippen molar-refractivity contribution in [3.63, 3.8) is 0 Å². The first kappa shape index (κ1) is 57.3. The summed E-state index contributed by atoms with van der Waals surface area (Å²) < 4.78 is 104. The van der Waals surface area contributed by atoms with E-state index in [1.165, 1.54) is 60.2 Å². The van der Waals surface area contributed by atoms with Crippen LogP contribution in [0, 0.1) is 6.92 Å². The van der Waals surface area contributed by atoms with Crippen LogP contribution in [-0.2, 0) is 44.4 Å². The summed E-state index contributed by atoms with van der Waals surface area (Å²) in [6.07, 6.45) is 5.18. The average Bonchev–Trinajstić information content (AvgIpc) is 3.52. The van der Waals surface area contributed by atoms with E-state index in [9.17, 15) is 35.5 Å². The van der Waals surface area contributed by atoms with E-state index in [4.69, 9.17) is 33.8 Å². The molecule has 0 amide bonds. The van der Waals surface area contributed by atoms with Gasteiger partial charge in [0, 0.05) is 32.6 Å². The molecule has 0 atom stereocenters. The van der Waals surface area contributed by atoms with Crippen LogP contribution in [0.2, 0.25) is 0 Å². The minimum absolute atomic E-state index is 0.0551. The van der Waals surface area contributed by atoms with Gasteiger partial charge in [0.25, 0.3) is 20.2 Å². The van der Waals surface area contributed by atoms with Crippen molar-refractivity contribution in [3.8, 4) is 51.4 Å². The van der Waals surface area contributed by atoms with Crippen molar-refractivity contribution in [2.45, 2.75) is 64.0 Å². The lowest BCUT2D eigenvalue weighted by Gasteiger charge is -2.38. The maximum absolute atomic E-state index is 14.0. The van der Waals surface area contributed by atoms with Crippen LogP contribution in [0.25, 0.3) is 11.1 Å². The molecule has 1 aliphatic carbocycles. The van der Waals surface area contributed by atoms with E-state index in [1.54, 1.807) is 80.8 Å². The van der Waals surface area contributed by atoms with Gasteiger partial charge in [-0.3, -0.25) is 18.7 Å². The normalized spacial score (nSPS) is 13.3. The molecule has 9 rings (SSSR count). The number of benzene rings is 8. The summed E-state index contributed by atoms with van der Waals surface area (Å²) in [7, 11) is -8.16. The zero-order chi connectivity index (χ0) is 56.6. The van der Waals surface area contributed by atoms with E-state index in [1.807, 2.05) is 24.3 Å². The van der Waals surface area contributed by atoms with Crippen LogP contribution in [0.3, 0.4) is 0 Å². The van der Waals surface area contributed by atoms with Gasteiger partial charge in [-0.25, -0.2) is 10.5 Å². The Hall–Kier alpha value is -7.42. The van der Waals surface area contributed by atoms with Gasteiger partial charge in [0.15, 0.2) is 11.6 Å². The molecule has 80 heavy (non-hydrogen) atoms. The highest BCUT2D eigenvalue weighted by atomic mass is 32.2. The minimum atomic E-state index is -4.91. The topological polar surface area (TPSA) is 257 Å². The summed E-state index contributed by atoms with van der Waals surface area (Å²) in [6.45, 7) is 1.74. The highest BCUT2D eigenvalue weighted by Gasteiger charge is 2.36. The summed E-state index contributed by atoms with van der Waals surface area (Å²) in [6, 6.07) is 45.1. The zero-order valence-corrected chi connectivity index (χ0v) is 45.6. The van der Waals surface area contributed by atoms with Crippen molar-refractivity contribution >= 4 is 55.9 Å². The van der Waals surface area contributed by atoms with Gasteiger partial charge in [-0.2, -0.15) is 16.8 Å². The van der Waals surface area contributed by atoms with Crippen LogP contribution in [0.5, 0.6) is 40.2 Å². The van der Waals surface area contributed by atoms with E-state index in [2.05, 4.69) is 26.5 Å². The molecular weight excluding hydrogens is 1110 g/mol. The zero-order valence-electron chi connectivity index (χ0n) is 42.3. The van der Waals surface area contributed by atoms with E-state index in [-0.39, 0.29) is 55.6 Å². The van der Waals surface area contributed by atoms with Gasteiger partial charge in [-0.15, -0.1) is 8.67 Å². The number of ether oxygens (including phenoxy) is 4. The maximum Gasteiger partial charge on any atom is 0.298 e. The van der Waals surface area contributed by atoms with Gasteiger partial charge in [0.1, 0.15) is 50.0 Å². The standard InChI is InChI=1S/C58H48O18S4/c1-36-6-7-39(32-52(36)77-75-73-61)56(59)41-13-28-50(54(34-41)79(63,64)65)71-47-21-10-38(11-22-47)37-8-19-46(20-9-37)70-49-27-12-40(33-53(49)78-76-74-62)57(60)42-14-29-51(55(35-42)80(66,67)68)72-48-25-17-44(18-26-48)58(30-4-3-5-31-58)43-15-23-45(69-2)24-16-43/h6-29,32-35,61-62H,3-5,30-31H2,1-2H3,(H,63,64,65)(H,66,67,68). The second-order valence-corrected chi connectivity index (χ2v) is 22.5. The third-order valence-electron chi connectivity index (χ3n) is 13.4. The molecule has 8 aromatic carbocycles. The highest BCUT2D eigenvalue weighted by Crippen LogP contribution is 2.46. The Morgan fingerprint density at radius 1 is 0.463 bits per heavy atom. The Bertz CT molecular complexity index is 3770. The average molecular weight is 1160 g/mol. The van der Waals surface area contributed by atoms with E-state index >= 15 is 0 Å². The molecule has 22 heteroatoms. The molecule has 0 heterocycles. The fourth-order valence-electron chi connectivity index (χ4n) is 9.40. The molecule has 0 spiro atoms. The fraction of sp³-hybridized carbons (Fsp3) is 0.138. The molecule has 1 fully saturated rings. The molecule has 1 aliphatic rings. The fourth-order valence-corrected chi connectivity index (χ4v) is 11.6. The summed E-state index contributed by atoms with van der Waals surface area (Å²) in [4.78, 5) is 26.7. The number of hydrogen-bond donors (Lipinski definition) is 4. The van der Waals surface area contributed by atoms with Gasteiger partial charge >= 0.3 is 0 Å². The SMILES string of the molecule is COc1ccc(C2(c3ccc(Oc4ccc(C(=O)c5ccc(Oc6ccc(-c7ccc(Oc8ccc(C(=O)c9ccc(C)c(SOOO)c9)cc8S(=O)(=O)O)cc7)cc6)c(SOOO)c5)cc4S(=O)(=O)O)cc3)CCCCC2)cc1. The molecule has 8 aromatic rings. The molecule has 0 saturated heterocycles. The quantitative estimate of drug-likeness (QED) is 0.0162.